The molecule has 1 aliphatic rings. The summed E-state index contributed by atoms with van der Waals surface area (Å²) >= 11 is 0. The van der Waals surface area contributed by atoms with Crippen LogP contribution in [0.1, 0.15) is 10.4 Å². The first-order valence-corrected chi connectivity index (χ1v) is 8.68. The minimum absolute atomic E-state index is 0.115. The number of ether oxygens (including phenoxy) is 2. The van der Waals surface area contributed by atoms with E-state index in [1.165, 1.54) is 0 Å². The van der Waals surface area contributed by atoms with Crippen LogP contribution in [0.15, 0.2) is 55.1 Å². The molecule has 0 saturated heterocycles. The van der Waals surface area contributed by atoms with Crippen molar-refractivity contribution in [2.45, 2.75) is 6.10 Å². The van der Waals surface area contributed by atoms with Gasteiger partial charge in [-0.15, -0.1) is 0 Å². The first kappa shape index (κ1) is 17.1. The standard InChI is InChI=1S/C20H20N4O3/c1-23(12-17-13-26-18-5-3-4-6-19(18)27-17)20(25)15-7-14(8-21-9-15)16-10-22-24(2)11-16/h3-11,17H,12-13H2,1-2H3/t17-/m1/s1. The lowest BCUT2D eigenvalue weighted by atomic mass is 10.1. The molecule has 0 saturated carbocycles. The Bertz CT molecular complexity index is 969. The number of aromatic nitrogens is 3. The van der Waals surface area contributed by atoms with Crippen molar-refractivity contribution in [2.75, 3.05) is 20.2 Å². The predicted molar refractivity (Wildman–Crippen MR) is 99.8 cm³/mol. The third-order valence-electron chi connectivity index (χ3n) is 4.42. The maximum absolute atomic E-state index is 12.8. The molecular weight excluding hydrogens is 344 g/mol. The molecule has 1 aromatic carbocycles. The van der Waals surface area contributed by atoms with E-state index >= 15 is 0 Å². The summed E-state index contributed by atoms with van der Waals surface area (Å²) in [5.41, 5.74) is 2.30. The second-order valence-corrected chi connectivity index (χ2v) is 6.55. The third-order valence-corrected chi connectivity index (χ3v) is 4.42. The fraction of sp³-hybridized carbons (Fsp3) is 0.250. The number of benzene rings is 1. The summed E-state index contributed by atoms with van der Waals surface area (Å²) in [7, 11) is 3.60. The van der Waals surface area contributed by atoms with Crippen LogP contribution in [0.2, 0.25) is 0 Å². The molecule has 2 aromatic heterocycles. The van der Waals surface area contributed by atoms with Crippen LogP contribution in [0, 0.1) is 0 Å². The van der Waals surface area contributed by atoms with Crippen LogP contribution in [0.25, 0.3) is 11.1 Å². The van der Waals surface area contributed by atoms with Crippen LogP contribution in [0.3, 0.4) is 0 Å². The average molecular weight is 364 g/mol. The van der Waals surface area contributed by atoms with Gasteiger partial charge in [-0.25, -0.2) is 0 Å². The second-order valence-electron chi connectivity index (χ2n) is 6.55. The van der Waals surface area contributed by atoms with Gasteiger partial charge < -0.3 is 14.4 Å². The van der Waals surface area contributed by atoms with Crippen molar-refractivity contribution in [2.24, 2.45) is 7.05 Å². The number of fused-ring (bicyclic) bond motifs is 1. The molecular formula is C20H20N4O3. The van der Waals surface area contributed by atoms with Crippen molar-refractivity contribution >= 4 is 5.91 Å². The Kier molecular flexibility index (Phi) is 4.50. The molecule has 27 heavy (non-hydrogen) atoms. The van der Waals surface area contributed by atoms with Gasteiger partial charge in [0.05, 0.1) is 18.3 Å². The fourth-order valence-electron chi connectivity index (χ4n) is 3.05. The highest BCUT2D eigenvalue weighted by atomic mass is 16.6. The minimum Gasteiger partial charge on any atom is -0.486 e. The van der Waals surface area contributed by atoms with Gasteiger partial charge in [-0.1, -0.05) is 12.1 Å². The molecule has 0 fully saturated rings. The second kappa shape index (κ2) is 7.11. The number of hydrogen-bond donors (Lipinski definition) is 0. The number of pyridine rings is 1. The zero-order valence-electron chi connectivity index (χ0n) is 15.2. The number of aryl methyl sites for hydroxylation is 1. The number of carbonyl (C=O) groups is 1. The van der Waals surface area contributed by atoms with E-state index < -0.39 is 0 Å². The van der Waals surface area contributed by atoms with Gasteiger partial charge in [-0.3, -0.25) is 14.5 Å². The molecule has 3 aromatic rings. The number of rotatable bonds is 4. The van der Waals surface area contributed by atoms with Crippen LogP contribution in [0.5, 0.6) is 11.5 Å². The molecule has 0 bridgehead atoms. The predicted octanol–water partition coefficient (Wildman–Crippen LogP) is 2.39. The van der Waals surface area contributed by atoms with E-state index in [9.17, 15) is 4.79 Å². The van der Waals surface area contributed by atoms with Gasteiger partial charge in [0.2, 0.25) is 0 Å². The van der Waals surface area contributed by atoms with Gasteiger partial charge in [0.1, 0.15) is 6.61 Å². The SMILES string of the molecule is CN(C[C@@H]1COc2ccccc2O1)C(=O)c1cncc(-c2cnn(C)c2)c1. The lowest BCUT2D eigenvalue weighted by Gasteiger charge is -2.29. The lowest BCUT2D eigenvalue weighted by molar-refractivity contribution is 0.0520. The van der Waals surface area contributed by atoms with Crippen molar-refractivity contribution < 1.29 is 14.3 Å². The van der Waals surface area contributed by atoms with E-state index in [1.54, 1.807) is 35.2 Å². The summed E-state index contributed by atoms with van der Waals surface area (Å²) in [5.74, 6) is 1.32. The highest BCUT2D eigenvalue weighted by Crippen LogP contribution is 2.31. The topological polar surface area (TPSA) is 69.5 Å². The number of para-hydroxylation sites is 2. The molecule has 3 heterocycles. The Morgan fingerprint density at radius 2 is 2.04 bits per heavy atom. The lowest BCUT2D eigenvalue weighted by Crippen LogP contribution is -2.41. The first-order valence-electron chi connectivity index (χ1n) is 8.68. The van der Waals surface area contributed by atoms with Crippen molar-refractivity contribution in [1.29, 1.82) is 0 Å². The Morgan fingerprint density at radius 1 is 1.22 bits per heavy atom. The van der Waals surface area contributed by atoms with Crippen molar-refractivity contribution in [1.82, 2.24) is 19.7 Å². The van der Waals surface area contributed by atoms with Gasteiger partial charge in [-0.05, 0) is 18.2 Å². The zero-order valence-corrected chi connectivity index (χ0v) is 15.2. The first-order chi connectivity index (χ1) is 13.1. The van der Waals surface area contributed by atoms with Gasteiger partial charge >= 0.3 is 0 Å². The largest absolute Gasteiger partial charge is 0.486 e. The quantitative estimate of drug-likeness (QED) is 0.711. The Labute approximate surface area is 157 Å². The van der Waals surface area contributed by atoms with Gasteiger partial charge in [0.15, 0.2) is 17.6 Å². The van der Waals surface area contributed by atoms with Crippen LogP contribution in [-0.4, -0.2) is 51.9 Å². The molecule has 7 heteroatoms. The smallest absolute Gasteiger partial charge is 0.255 e. The maximum atomic E-state index is 12.8. The molecule has 7 nitrogen and oxygen atoms in total. The maximum Gasteiger partial charge on any atom is 0.255 e. The highest BCUT2D eigenvalue weighted by molar-refractivity contribution is 5.94. The van der Waals surface area contributed by atoms with Crippen LogP contribution >= 0.6 is 0 Å². The molecule has 0 N–H and O–H groups in total. The molecule has 4 rings (SSSR count). The number of nitrogens with zero attached hydrogens (tertiary/aromatic N) is 4. The van der Waals surface area contributed by atoms with Gasteiger partial charge in [0, 0.05) is 43.8 Å². The Morgan fingerprint density at radius 3 is 2.81 bits per heavy atom. The number of likely N-dealkylation sites (N-methyl/N-ethyl adjacent to an activating group) is 1. The van der Waals surface area contributed by atoms with E-state index in [2.05, 4.69) is 10.1 Å². The van der Waals surface area contributed by atoms with E-state index in [-0.39, 0.29) is 12.0 Å². The highest BCUT2D eigenvalue weighted by Gasteiger charge is 2.24. The van der Waals surface area contributed by atoms with E-state index in [4.69, 9.17) is 9.47 Å². The number of hydrogen-bond acceptors (Lipinski definition) is 5. The molecule has 1 atom stereocenters. The normalized spacial score (nSPS) is 15.4. The Balaban J connectivity index is 1.45. The molecule has 0 unspecified atom stereocenters. The summed E-state index contributed by atoms with van der Waals surface area (Å²) < 4.78 is 13.4. The molecule has 1 aliphatic heterocycles. The molecule has 0 spiro atoms. The van der Waals surface area contributed by atoms with Crippen molar-refractivity contribution in [3.63, 3.8) is 0 Å². The zero-order chi connectivity index (χ0) is 18.8. The van der Waals surface area contributed by atoms with E-state index in [0.717, 1.165) is 16.9 Å². The van der Waals surface area contributed by atoms with Crippen LogP contribution in [0.4, 0.5) is 0 Å². The summed E-state index contributed by atoms with van der Waals surface area (Å²) in [5, 5.41) is 4.16. The van der Waals surface area contributed by atoms with E-state index in [0.29, 0.717) is 24.5 Å². The van der Waals surface area contributed by atoms with Crippen molar-refractivity contribution in [3.8, 4) is 22.6 Å². The average Bonchev–Trinajstić information content (AvgIpc) is 3.14. The third kappa shape index (κ3) is 3.62. The monoisotopic (exact) mass is 364 g/mol. The fourth-order valence-corrected chi connectivity index (χ4v) is 3.05. The number of carbonyl (C=O) groups excluding carboxylic acids is 1. The minimum atomic E-state index is -0.219. The summed E-state index contributed by atoms with van der Waals surface area (Å²) in [6, 6.07) is 9.37. The Hall–Kier alpha value is -3.35. The summed E-state index contributed by atoms with van der Waals surface area (Å²) in [4.78, 5) is 18.7. The molecule has 0 aliphatic carbocycles. The summed E-state index contributed by atoms with van der Waals surface area (Å²) in [6.07, 6.45) is 6.72. The van der Waals surface area contributed by atoms with E-state index in [1.807, 2.05) is 43.6 Å². The molecule has 0 radical (unpaired) electrons. The van der Waals surface area contributed by atoms with Crippen LogP contribution in [-0.2, 0) is 7.05 Å². The van der Waals surface area contributed by atoms with Gasteiger partial charge in [-0.2, -0.15) is 5.10 Å². The molecule has 1 amide bonds. The van der Waals surface area contributed by atoms with Crippen molar-refractivity contribution in [3.05, 3.63) is 60.7 Å². The molecule has 138 valence electrons. The van der Waals surface area contributed by atoms with Gasteiger partial charge in [0.25, 0.3) is 5.91 Å². The summed E-state index contributed by atoms with van der Waals surface area (Å²) in [6.45, 7) is 0.826. The van der Waals surface area contributed by atoms with Crippen LogP contribution < -0.4 is 9.47 Å². The number of amides is 1.